The number of nitrogens with one attached hydrogen (secondary N) is 1. The van der Waals surface area contributed by atoms with E-state index in [1.54, 1.807) is 47.4 Å². The van der Waals surface area contributed by atoms with Crippen molar-refractivity contribution in [1.29, 1.82) is 5.41 Å². The summed E-state index contributed by atoms with van der Waals surface area (Å²) in [6.45, 7) is -0.368. The number of nitrogens with zero attached hydrogens (tertiary/aromatic N) is 2. The summed E-state index contributed by atoms with van der Waals surface area (Å²) >= 11 is 0. The van der Waals surface area contributed by atoms with Gasteiger partial charge in [0.2, 0.25) is 5.91 Å². The fraction of sp³-hybridized carbons (Fsp3) is 0.118. The Morgan fingerprint density at radius 3 is 2.00 bits per heavy atom. The molecule has 4 aromatic rings. The number of aliphatic carboxylic acids is 1. The number of amides is 2. The molecule has 0 unspecified atom stereocenters. The van der Waals surface area contributed by atoms with E-state index in [0.29, 0.717) is 22.4 Å². The summed E-state index contributed by atoms with van der Waals surface area (Å²) in [5.74, 6) is 4.30. The monoisotopic (exact) mass is 556 g/mol. The largest absolute Gasteiger partial charge is 0.481 e. The highest BCUT2D eigenvalue weighted by molar-refractivity contribution is 6.10. The number of nitrogen functional groups attached to an aromatic ring is 1. The van der Waals surface area contributed by atoms with Crippen molar-refractivity contribution in [2.45, 2.75) is 12.5 Å². The van der Waals surface area contributed by atoms with E-state index in [1.165, 1.54) is 4.90 Å². The van der Waals surface area contributed by atoms with E-state index in [9.17, 15) is 19.5 Å². The van der Waals surface area contributed by atoms with Crippen LogP contribution in [0, 0.1) is 17.3 Å². The predicted octanol–water partition coefficient (Wildman–Crippen LogP) is 4.42. The summed E-state index contributed by atoms with van der Waals surface area (Å²) in [6, 6.07) is 30.8. The molecule has 2 amide bonds. The summed E-state index contributed by atoms with van der Waals surface area (Å²) in [4.78, 5) is 42.1. The molecule has 0 saturated carbocycles. The molecule has 0 aliphatic carbocycles. The van der Waals surface area contributed by atoms with Crippen LogP contribution >= 0.6 is 0 Å². The lowest BCUT2D eigenvalue weighted by molar-refractivity contribution is -0.137. The third-order valence-electron chi connectivity index (χ3n) is 7.00. The van der Waals surface area contributed by atoms with E-state index < -0.39 is 17.9 Å². The number of rotatable bonds is 7. The van der Waals surface area contributed by atoms with E-state index >= 15 is 0 Å². The molecule has 1 aliphatic rings. The van der Waals surface area contributed by atoms with Crippen molar-refractivity contribution in [3.05, 3.63) is 137 Å². The topological polar surface area (TPSA) is 128 Å². The normalized spacial score (nSPS) is 12.8. The zero-order valence-electron chi connectivity index (χ0n) is 22.7. The van der Waals surface area contributed by atoms with Gasteiger partial charge in [-0.15, -0.1) is 0 Å². The zero-order chi connectivity index (χ0) is 29.6. The number of carboxylic acids is 1. The van der Waals surface area contributed by atoms with Crippen LogP contribution in [0.1, 0.15) is 50.6 Å². The molecule has 4 aromatic carbocycles. The summed E-state index contributed by atoms with van der Waals surface area (Å²) < 4.78 is 0. The third kappa shape index (κ3) is 6.06. The molecule has 0 aromatic heterocycles. The maximum Gasteiger partial charge on any atom is 0.305 e. The number of nitrogens with two attached hydrogens (primary N) is 1. The highest BCUT2D eigenvalue weighted by Gasteiger charge is 2.37. The number of carbonyl (C=O) groups is 3. The van der Waals surface area contributed by atoms with E-state index in [1.807, 2.05) is 60.7 Å². The van der Waals surface area contributed by atoms with Crippen molar-refractivity contribution >= 4 is 29.3 Å². The van der Waals surface area contributed by atoms with Gasteiger partial charge in [-0.2, -0.15) is 0 Å². The summed E-state index contributed by atoms with van der Waals surface area (Å²) in [7, 11) is 0. The van der Waals surface area contributed by atoms with Gasteiger partial charge in [0.1, 0.15) is 12.4 Å². The van der Waals surface area contributed by atoms with Gasteiger partial charge in [-0.1, -0.05) is 84.6 Å². The average molecular weight is 557 g/mol. The molecule has 0 atom stereocenters. The van der Waals surface area contributed by atoms with Crippen LogP contribution < -0.4 is 10.6 Å². The molecule has 208 valence electrons. The molecule has 1 aliphatic heterocycles. The van der Waals surface area contributed by atoms with Crippen LogP contribution in [0.25, 0.3) is 0 Å². The van der Waals surface area contributed by atoms with E-state index in [4.69, 9.17) is 11.1 Å². The van der Waals surface area contributed by atoms with Crippen LogP contribution in [0.15, 0.2) is 103 Å². The summed E-state index contributed by atoms with van der Waals surface area (Å²) in [5.41, 5.74) is 9.82. The van der Waals surface area contributed by atoms with E-state index in [-0.39, 0.29) is 36.8 Å². The first-order valence-corrected chi connectivity index (χ1v) is 13.4. The number of benzene rings is 4. The van der Waals surface area contributed by atoms with Crippen LogP contribution in [0.5, 0.6) is 0 Å². The van der Waals surface area contributed by atoms with Gasteiger partial charge in [0, 0.05) is 23.2 Å². The maximum absolute atomic E-state index is 14.0. The Balaban J connectivity index is 1.62. The van der Waals surface area contributed by atoms with Crippen molar-refractivity contribution in [1.82, 2.24) is 4.90 Å². The van der Waals surface area contributed by atoms with Crippen molar-refractivity contribution in [2.24, 2.45) is 5.73 Å². The Bertz CT molecular complexity index is 1670. The molecule has 0 fully saturated rings. The number of anilines is 1. The SMILES string of the molecule is N=C(N)c1ccc(C#Cc2ccc3c(c2)C(=O)N(CCC(=O)O)CC(=O)N3C(c2ccccc2)c2ccccc2)cc1. The molecule has 0 bridgehead atoms. The number of carbonyl (C=O) groups excluding carboxylic acids is 2. The Morgan fingerprint density at radius 2 is 1.43 bits per heavy atom. The minimum Gasteiger partial charge on any atom is -0.481 e. The van der Waals surface area contributed by atoms with Crippen LogP contribution in [-0.4, -0.2) is 46.7 Å². The second-order valence-electron chi connectivity index (χ2n) is 9.83. The first-order chi connectivity index (χ1) is 20.3. The van der Waals surface area contributed by atoms with E-state index in [2.05, 4.69) is 11.8 Å². The first-order valence-electron chi connectivity index (χ1n) is 13.4. The number of carboxylic acid groups (broad SMARTS) is 1. The van der Waals surface area contributed by atoms with Crippen molar-refractivity contribution < 1.29 is 19.5 Å². The number of hydrogen-bond acceptors (Lipinski definition) is 4. The number of amidine groups is 1. The van der Waals surface area contributed by atoms with Gasteiger partial charge < -0.3 is 15.7 Å². The molecule has 8 nitrogen and oxygen atoms in total. The van der Waals surface area contributed by atoms with Gasteiger partial charge >= 0.3 is 5.97 Å². The lowest BCUT2D eigenvalue weighted by atomic mass is 9.95. The van der Waals surface area contributed by atoms with Gasteiger partial charge in [-0.3, -0.25) is 24.7 Å². The Kier molecular flexibility index (Phi) is 8.12. The van der Waals surface area contributed by atoms with Gasteiger partial charge in [-0.05, 0) is 41.5 Å². The highest BCUT2D eigenvalue weighted by Crippen LogP contribution is 2.37. The van der Waals surface area contributed by atoms with Crippen LogP contribution in [0.2, 0.25) is 0 Å². The summed E-state index contributed by atoms with van der Waals surface area (Å²) in [6.07, 6.45) is -0.287. The number of fused-ring (bicyclic) bond motifs is 1. The highest BCUT2D eigenvalue weighted by atomic mass is 16.4. The molecule has 42 heavy (non-hydrogen) atoms. The van der Waals surface area contributed by atoms with Crippen LogP contribution in [0.4, 0.5) is 5.69 Å². The smallest absolute Gasteiger partial charge is 0.305 e. The lowest BCUT2D eigenvalue weighted by Gasteiger charge is -2.32. The minimum absolute atomic E-state index is 0.0327. The summed E-state index contributed by atoms with van der Waals surface area (Å²) in [5, 5.41) is 16.9. The zero-order valence-corrected chi connectivity index (χ0v) is 22.7. The number of hydrogen-bond donors (Lipinski definition) is 3. The van der Waals surface area contributed by atoms with Crippen molar-refractivity contribution in [2.75, 3.05) is 18.0 Å². The Hall–Kier alpha value is -5.68. The minimum atomic E-state index is -1.06. The molecule has 1 heterocycles. The fourth-order valence-corrected chi connectivity index (χ4v) is 4.94. The predicted molar refractivity (Wildman–Crippen MR) is 160 cm³/mol. The first kappa shape index (κ1) is 27.9. The Labute approximate surface area is 243 Å². The lowest BCUT2D eigenvalue weighted by Crippen LogP contribution is -2.42. The van der Waals surface area contributed by atoms with Gasteiger partial charge in [-0.25, -0.2) is 0 Å². The van der Waals surface area contributed by atoms with Crippen LogP contribution in [-0.2, 0) is 9.59 Å². The Morgan fingerprint density at radius 1 is 0.857 bits per heavy atom. The molecule has 0 spiro atoms. The third-order valence-corrected chi connectivity index (χ3v) is 7.00. The van der Waals surface area contributed by atoms with Gasteiger partial charge in [0.15, 0.2) is 0 Å². The van der Waals surface area contributed by atoms with Crippen molar-refractivity contribution in [3.63, 3.8) is 0 Å². The standard InChI is InChI=1S/C34H28N4O4/c35-33(36)27-16-13-23(14-17-27)11-12-24-15-18-29-28(21-24)34(42)37(20-19-31(40)41)22-30(39)38(29)32(25-7-3-1-4-8-25)26-9-5-2-6-10-26/h1-10,13-18,21,32H,19-20,22H2,(H3,35,36)(H,40,41). The average Bonchev–Trinajstić information content (AvgIpc) is 3.10. The molecular formula is C34H28N4O4. The van der Waals surface area contributed by atoms with E-state index in [0.717, 1.165) is 11.1 Å². The second kappa shape index (κ2) is 12.2. The fourth-order valence-electron chi connectivity index (χ4n) is 4.94. The maximum atomic E-state index is 14.0. The molecular weight excluding hydrogens is 528 g/mol. The van der Waals surface area contributed by atoms with Gasteiger partial charge in [0.25, 0.3) is 5.91 Å². The molecule has 0 saturated heterocycles. The molecule has 8 heteroatoms. The quantitative estimate of drug-likeness (QED) is 0.176. The second-order valence-corrected chi connectivity index (χ2v) is 9.83. The van der Waals surface area contributed by atoms with Gasteiger partial charge in [0.05, 0.1) is 23.7 Å². The van der Waals surface area contributed by atoms with Crippen molar-refractivity contribution in [3.8, 4) is 11.8 Å². The van der Waals surface area contributed by atoms with Crippen LogP contribution in [0.3, 0.4) is 0 Å². The molecule has 0 radical (unpaired) electrons. The molecule has 4 N–H and O–H groups in total. The molecule has 5 rings (SSSR count).